The van der Waals surface area contributed by atoms with E-state index >= 15 is 0 Å². The molecule has 1 aromatic carbocycles. The molecule has 4 nitrogen and oxygen atoms in total. The van der Waals surface area contributed by atoms with Gasteiger partial charge < -0.3 is 0 Å². The number of aromatic nitrogens is 3. The third-order valence-corrected chi connectivity index (χ3v) is 3.57. The fourth-order valence-corrected chi connectivity index (χ4v) is 2.47. The van der Waals surface area contributed by atoms with Crippen molar-refractivity contribution in [3.63, 3.8) is 0 Å². The van der Waals surface area contributed by atoms with E-state index in [1.165, 1.54) is 22.0 Å². The van der Waals surface area contributed by atoms with Crippen LogP contribution in [0.4, 0.5) is 0 Å². The molecule has 0 atom stereocenters. The van der Waals surface area contributed by atoms with Crippen LogP contribution in [-0.4, -0.2) is 26.4 Å². The zero-order valence-electron chi connectivity index (χ0n) is 9.83. The molecular formula is C13H11N3OS. The number of fused-ring (bicyclic) bond motifs is 1. The van der Waals surface area contributed by atoms with Crippen LogP contribution in [-0.2, 0) is 0 Å². The Bertz CT molecular complexity index is 628. The Labute approximate surface area is 109 Å². The van der Waals surface area contributed by atoms with Crippen molar-refractivity contribution < 1.29 is 4.79 Å². The number of thioether (sulfide) groups is 1. The molecule has 0 N–H and O–H groups in total. The van der Waals surface area contributed by atoms with Gasteiger partial charge in [-0.25, -0.2) is 4.98 Å². The summed E-state index contributed by atoms with van der Waals surface area (Å²) in [4.78, 5) is 15.7. The smallest absolute Gasteiger partial charge is 0.259 e. The summed E-state index contributed by atoms with van der Waals surface area (Å²) in [5.74, 6) is 1.01. The predicted octanol–water partition coefficient (Wildman–Crippen LogP) is 2.50. The fourth-order valence-electron chi connectivity index (χ4n) is 1.68. The molecule has 5 heteroatoms. The number of carbonyl (C=O) groups is 1. The van der Waals surface area contributed by atoms with Crippen molar-refractivity contribution in [1.82, 2.24) is 14.8 Å². The molecule has 0 saturated carbocycles. The van der Waals surface area contributed by atoms with E-state index in [4.69, 9.17) is 0 Å². The molecule has 0 amide bonds. The molecule has 0 saturated heterocycles. The lowest BCUT2D eigenvalue weighted by Gasteiger charge is -1.93. The predicted molar refractivity (Wildman–Crippen MR) is 71.5 cm³/mol. The summed E-state index contributed by atoms with van der Waals surface area (Å²) in [5, 5.41) is 4.84. The van der Waals surface area contributed by atoms with Crippen LogP contribution in [0.5, 0.6) is 0 Å². The topological polar surface area (TPSA) is 47.8 Å². The van der Waals surface area contributed by atoms with Crippen molar-refractivity contribution in [3.05, 3.63) is 41.2 Å². The zero-order chi connectivity index (χ0) is 12.5. The number of benzene rings is 1. The lowest BCUT2D eigenvalue weighted by Crippen LogP contribution is -2.08. The van der Waals surface area contributed by atoms with Crippen LogP contribution in [0.15, 0.2) is 29.4 Å². The van der Waals surface area contributed by atoms with Gasteiger partial charge in [-0.3, -0.25) is 4.79 Å². The normalized spacial score (nSPS) is 14.4. The van der Waals surface area contributed by atoms with Gasteiger partial charge in [-0.1, -0.05) is 47.7 Å². The van der Waals surface area contributed by atoms with Crippen LogP contribution < -0.4 is 0 Å². The second-order valence-electron chi connectivity index (χ2n) is 4.09. The molecule has 0 spiro atoms. The number of carbonyl (C=O) groups excluding carboxylic acids is 1. The Morgan fingerprint density at radius 3 is 2.78 bits per heavy atom. The van der Waals surface area contributed by atoms with Gasteiger partial charge in [0, 0.05) is 0 Å². The first-order valence-corrected chi connectivity index (χ1v) is 6.59. The highest BCUT2D eigenvalue weighted by Gasteiger charge is 2.22. The molecule has 1 aliphatic rings. The lowest BCUT2D eigenvalue weighted by atomic mass is 10.1. The highest BCUT2D eigenvalue weighted by Crippen LogP contribution is 2.23. The third-order valence-electron chi connectivity index (χ3n) is 2.66. The van der Waals surface area contributed by atoms with Crippen LogP contribution >= 0.6 is 11.8 Å². The summed E-state index contributed by atoms with van der Waals surface area (Å²) in [5.41, 5.74) is 2.32. The van der Waals surface area contributed by atoms with Crippen LogP contribution in [0.25, 0.3) is 12.2 Å². The second kappa shape index (κ2) is 4.42. The molecule has 2 heterocycles. The monoisotopic (exact) mass is 257 g/mol. The summed E-state index contributed by atoms with van der Waals surface area (Å²) in [6.07, 6.45) is 3.77. The van der Waals surface area contributed by atoms with E-state index in [9.17, 15) is 4.79 Å². The van der Waals surface area contributed by atoms with E-state index in [0.717, 1.165) is 5.56 Å². The van der Waals surface area contributed by atoms with Gasteiger partial charge in [-0.05, 0) is 18.6 Å². The molecule has 3 rings (SSSR count). The standard InChI is InChI=1S/C13H11N3OS/c1-9-2-4-10(5-3-9)6-7-11-14-13-16(15-11)12(17)8-18-13/h2-7H,8H2,1H3/b7-6+. The van der Waals surface area contributed by atoms with Gasteiger partial charge in [0.25, 0.3) is 5.91 Å². The molecular weight excluding hydrogens is 246 g/mol. The molecule has 18 heavy (non-hydrogen) atoms. The minimum Gasteiger partial charge on any atom is -0.271 e. The highest BCUT2D eigenvalue weighted by molar-refractivity contribution is 8.00. The Morgan fingerprint density at radius 1 is 1.28 bits per heavy atom. The van der Waals surface area contributed by atoms with Crippen LogP contribution in [0.2, 0.25) is 0 Å². The maximum absolute atomic E-state index is 11.4. The molecule has 0 bridgehead atoms. The first-order chi connectivity index (χ1) is 8.72. The number of hydrogen-bond acceptors (Lipinski definition) is 4. The molecule has 0 fully saturated rings. The van der Waals surface area contributed by atoms with Gasteiger partial charge in [0.1, 0.15) is 0 Å². The number of nitrogens with zero attached hydrogens (tertiary/aromatic N) is 3. The Morgan fingerprint density at radius 2 is 2.06 bits per heavy atom. The highest BCUT2D eigenvalue weighted by atomic mass is 32.2. The summed E-state index contributed by atoms with van der Waals surface area (Å²) >= 11 is 1.43. The molecule has 90 valence electrons. The van der Waals surface area contributed by atoms with Gasteiger partial charge in [0.05, 0.1) is 5.75 Å². The molecule has 2 aromatic rings. The van der Waals surface area contributed by atoms with E-state index in [2.05, 4.69) is 29.1 Å². The first kappa shape index (κ1) is 11.2. The fraction of sp³-hybridized carbons (Fsp3) is 0.154. The second-order valence-corrected chi connectivity index (χ2v) is 5.03. The van der Waals surface area contributed by atoms with E-state index in [0.29, 0.717) is 16.7 Å². The maximum atomic E-state index is 11.4. The number of hydrogen-bond donors (Lipinski definition) is 0. The zero-order valence-corrected chi connectivity index (χ0v) is 10.6. The van der Waals surface area contributed by atoms with Crippen molar-refractivity contribution in [2.45, 2.75) is 12.1 Å². The molecule has 1 aromatic heterocycles. The van der Waals surface area contributed by atoms with Crippen molar-refractivity contribution in [2.75, 3.05) is 5.75 Å². The molecule has 1 aliphatic heterocycles. The van der Waals surface area contributed by atoms with Crippen molar-refractivity contribution in [2.24, 2.45) is 0 Å². The van der Waals surface area contributed by atoms with Crippen molar-refractivity contribution >= 4 is 29.8 Å². The van der Waals surface area contributed by atoms with Gasteiger partial charge in [-0.2, -0.15) is 4.68 Å². The largest absolute Gasteiger partial charge is 0.271 e. The minimum absolute atomic E-state index is 0.00233. The third kappa shape index (κ3) is 2.09. The summed E-state index contributed by atoms with van der Waals surface area (Å²) in [7, 11) is 0. The van der Waals surface area contributed by atoms with Crippen LogP contribution in [0, 0.1) is 6.92 Å². The summed E-state index contributed by atoms with van der Waals surface area (Å²) in [6, 6.07) is 8.18. The average molecular weight is 257 g/mol. The Kier molecular flexibility index (Phi) is 2.76. The quantitative estimate of drug-likeness (QED) is 0.829. The van der Waals surface area contributed by atoms with Crippen molar-refractivity contribution in [3.8, 4) is 0 Å². The number of rotatable bonds is 2. The van der Waals surface area contributed by atoms with Gasteiger partial charge in [-0.15, -0.1) is 5.10 Å². The molecule has 0 aliphatic carbocycles. The molecule has 0 unspecified atom stereocenters. The van der Waals surface area contributed by atoms with E-state index in [1.54, 1.807) is 0 Å². The van der Waals surface area contributed by atoms with E-state index < -0.39 is 0 Å². The Hall–Kier alpha value is -1.88. The Balaban J connectivity index is 1.82. The van der Waals surface area contributed by atoms with E-state index in [1.807, 2.05) is 24.3 Å². The summed E-state index contributed by atoms with van der Waals surface area (Å²) in [6.45, 7) is 2.05. The lowest BCUT2D eigenvalue weighted by molar-refractivity contribution is 0.0923. The number of aryl methyl sites for hydroxylation is 1. The van der Waals surface area contributed by atoms with E-state index in [-0.39, 0.29) is 5.91 Å². The van der Waals surface area contributed by atoms with Crippen LogP contribution in [0.1, 0.15) is 21.7 Å². The first-order valence-electron chi connectivity index (χ1n) is 5.60. The van der Waals surface area contributed by atoms with Gasteiger partial charge >= 0.3 is 0 Å². The average Bonchev–Trinajstić information content (AvgIpc) is 2.91. The maximum Gasteiger partial charge on any atom is 0.259 e. The van der Waals surface area contributed by atoms with Gasteiger partial charge in [0.15, 0.2) is 11.0 Å². The molecule has 0 radical (unpaired) electrons. The van der Waals surface area contributed by atoms with Crippen LogP contribution in [0.3, 0.4) is 0 Å². The summed E-state index contributed by atoms with van der Waals surface area (Å²) < 4.78 is 1.37. The van der Waals surface area contributed by atoms with Gasteiger partial charge in [0.2, 0.25) is 0 Å². The SMILES string of the molecule is Cc1ccc(/C=C/c2nc3n(n2)C(=O)CS3)cc1. The van der Waals surface area contributed by atoms with Crippen molar-refractivity contribution in [1.29, 1.82) is 0 Å². The minimum atomic E-state index is -0.00233.